The van der Waals surface area contributed by atoms with E-state index in [4.69, 9.17) is 0 Å². The fraction of sp³-hybridized carbons (Fsp3) is 0.143. The van der Waals surface area contributed by atoms with Crippen molar-refractivity contribution < 1.29 is 16.8 Å². The Labute approximate surface area is 88.7 Å². The maximum atomic E-state index is 10.9. The quantitative estimate of drug-likeness (QED) is 0.516. The van der Waals surface area contributed by atoms with E-state index in [1.807, 2.05) is 4.72 Å². The third-order valence-corrected chi connectivity index (χ3v) is 3.95. The topological polar surface area (TPSA) is 92.3 Å². The lowest BCUT2D eigenvalue weighted by Gasteiger charge is -2.04. The number of anilines is 2. The summed E-state index contributed by atoms with van der Waals surface area (Å²) in [7, 11) is -6.10. The summed E-state index contributed by atoms with van der Waals surface area (Å²) in [6.45, 7) is 0. The third-order valence-electron chi connectivity index (χ3n) is 1.62. The van der Waals surface area contributed by atoms with Gasteiger partial charge in [0.1, 0.15) is 0 Å². The largest absolute Gasteiger partial charge is 0.388 e. The second-order valence-corrected chi connectivity index (χ2v) is 6.57. The molecule has 1 aromatic rings. The zero-order valence-electron chi connectivity index (χ0n) is 7.80. The van der Waals surface area contributed by atoms with Crippen LogP contribution in [0.3, 0.4) is 0 Å². The molecule has 15 heavy (non-hydrogen) atoms. The van der Waals surface area contributed by atoms with Gasteiger partial charge >= 0.3 is 9.06 Å². The molecule has 1 rings (SSSR count). The molecule has 0 aliphatic carbocycles. The van der Waals surface area contributed by atoms with Gasteiger partial charge in [0.05, 0.1) is 0 Å². The fourth-order valence-corrected chi connectivity index (χ4v) is 1.94. The predicted molar refractivity (Wildman–Crippen MR) is 58.8 cm³/mol. The number of rotatable bonds is 4. The van der Waals surface area contributed by atoms with Crippen LogP contribution in [0.25, 0.3) is 0 Å². The maximum Gasteiger partial charge on any atom is 0.336 e. The molecule has 0 amide bonds. The standard InChI is InChI=1S/C7H10N2O4S2/c1-8-6-2-4-7(5-3-6)9-15(12,13)14(10)11/h2-5,8-9,14H,1H3. The Morgan fingerprint density at radius 3 is 1.93 bits per heavy atom. The molecule has 0 aliphatic rings. The molecule has 0 heterocycles. The minimum atomic E-state index is -4.29. The SMILES string of the molecule is CNc1ccc(NS(=O)(=O)[SH](=O)=O)cc1. The molecule has 0 fully saturated rings. The molecule has 2 N–H and O–H groups in total. The van der Waals surface area contributed by atoms with Crippen LogP contribution in [0.1, 0.15) is 0 Å². The van der Waals surface area contributed by atoms with Crippen molar-refractivity contribution in [1.29, 1.82) is 0 Å². The van der Waals surface area contributed by atoms with Crippen molar-refractivity contribution >= 4 is 30.2 Å². The first-order valence-corrected chi connectivity index (χ1v) is 7.17. The lowest BCUT2D eigenvalue weighted by molar-refractivity contribution is 0.595. The summed E-state index contributed by atoms with van der Waals surface area (Å²) in [5, 5.41) is 2.84. The van der Waals surface area contributed by atoms with E-state index in [1.54, 1.807) is 19.2 Å². The lowest BCUT2D eigenvalue weighted by Crippen LogP contribution is -2.13. The smallest absolute Gasteiger partial charge is 0.336 e. The van der Waals surface area contributed by atoms with Gasteiger partial charge in [-0.3, -0.25) is 4.72 Å². The molecule has 6 nitrogen and oxygen atoms in total. The average Bonchev–Trinajstić information content (AvgIpc) is 2.18. The number of hydrogen-bond acceptors (Lipinski definition) is 5. The van der Waals surface area contributed by atoms with E-state index < -0.39 is 18.8 Å². The van der Waals surface area contributed by atoms with Gasteiger partial charge in [0, 0.05) is 18.4 Å². The van der Waals surface area contributed by atoms with Gasteiger partial charge in [-0.05, 0) is 24.3 Å². The Morgan fingerprint density at radius 1 is 1.07 bits per heavy atom. The summed E-state index contributed by atoms with van der Waals surface area (Å²) in [4.78, 5) is 0. The zero-order chi connectivity index (χ0) is 11.5. The van der Waals surface area contributed by atoms with Gasteiger partial charge in [0.15, 0.2) is 0 Å². The second kappa shape index (κ2) is 4.49. The van der Waals surface area contributed by atoms with E-state index in [2.05, 4.69) is 5.32 Å². The summed E-state index contributed by atoms with van der Waals surface area (Å²) in [6, 6.07) is 6.16. The second-order valence-electron chi connectivity index (χ2n) is 2.63. The Morgan fingerprint density at radius 2 is 1.53 bits per heavy atom. The summed E-state index contributed by atoms with van der Waals surface area (Å²) >= 11 is 0. The van der Waals surface area contributed by atoms with Crippen LogP contribution in [0.15, 0.2) is 24.3 Å². The summed E-state index contributed by atoms with van der Waals surface area (Å²) in [5.74, 6) is 0. The van der Waals surface area contributed by atoms with Gasteiger partial charge in [0.25, 0.3) is 9.74 Å². The van der Waals surface area contributed by atoms with E-state index in [1.165, 1.54) is 12.1 Å². The average molecular weight is 250 g/mol. The molecule has 0 unspecified atom stereocenters. The van der Waals surface area contributed by atoms with Gasteiger partial charge in [-0.1, -0.05) is 0 Å². The Hall–Kier alpha value is -1.28. The first kappa shape index (κ1) is 11.8. The predicted octanol–water partition coefficient (Wildman–Crippen LogP) is -0.00360. The molecule has 84 valence electrons. The van der Waals surface area contributed by atoms with Gasteiger partial charge in [-0.25, -0.2) is 8.42 Å². The summed E-state index contributed by atoms with van der Waals surface area (Å²) in [6.07, 6.45) is 0. The van der Waals surface area contributed by atoms with E-state index >= 15 is 0 Å². The van der Waals surface area contributed by atoms with Crippen LogP contribution in [0.5, 0.6) is 0 Å². The third kappa shape index (κ3) is 3.10. The van der Waals surface area contributed by atoms with Crippen molar-refractivity contribution in [2.45, 2.75) is 0 Å². The van der Waals surface area contributed by atoms with Crippen LogP contribution < -0.4 is 10.0 Å². The molecule has 0 aliphatic heterocycles. The van der Waals surface area contributed by atoms with Crippen LogP contribution in [0.4, 0.5) is 11.4 Å². The van der Waals surface area contributed by atoms with Crippen molar-refractivity contribution in [2.75, 3.05) is 17.1 Å². The highest BCUT2D eigenvalue weighted by Crippen LogP contribution is 2.14. The van der Waals surface area contributed by atoms with Gasteiger partial charge in [-0.2, -0.15) is 8.42 Å². The molecule has 0 atom stereocenters. The van der Waals surface area contributed by atoms with E-state index in [-0.39, 0.29) is 5.69 Å². The van der Waals surface area contributed by atoms with Crippen molar-refractivity contribution in [3.05, 3.63) is 24.3 Å². The van der Waals surface area contributed by atoms with Crippen LogP contribution in [-0.4, -0.2) is 23.9 Å². The molecule has 0 spiro atoms. The minimum absolute atomic E-state index is 0.202. The highest BCUT2D eigenvalue weighted by Gasteiger charge is 2.12. The number of thiol groups is 1. The molecule has 0 saturated heterocycles. The molecular weight excluding hydrogens is 240 g/mol. The summed E-state index contributed by atoms with van der Waals surface area (Å²) in [5.41, 5.74) is 0.998. The van der Waals surface area contributed by atoms with Crippen LogP contribution in [-0.2, 0) is 18.8 Å². The number of hydrogen-bond donors (Lipinski definition) is 3. The molecule has 1 aromatic carbocycles. The zero-order valence-corrected chi connectivity index (χ0v) is 9.51. The molecule has 0 aromatic heterocycles. The van der Waals surface area contributed by atoms with Crippen LogP contribution >= 0.6 is 0 Å². The minimum Gasteiger partial charge on any atom is -0.388 e. The molecule has 0 radical (unpaired) electrons. The first-order chi connectivity index (χ1) is 6.95. The van der Waals surface area contributed by atoms with E-state index in [0.29, 0.717) is 0 Å². The summed E-state index contributed by atoms with van der Waals surface area (Å²) < 4.78 is 44.4. The molecule has 0 saturated carbocycles. The molecule has 8 heteroatoms. The normalized spacial score (nSPS) is 11.3. The van der Waals surface area contributed by atoms with Crippen LogP contribution in [0.2, 0.25) is 0 Å². The fourth-order valence-electron chi connectivity index (χ4n) is 0.891. The molecular formula is C7H10N2O4S2. The van der Waals surface area contributed by atoms with Gasteiger partial charge < -0.3 is 5.32 Å². The highest BCUT2D eigenvalue weighted by atomic mass is 33.2. The monoisotopic (exact) mass is 250 g/mol. The van der Waals surface area contributed by atoms with E-state index in [0.717, 1.165) is 5.69 Å². The number of benzene rings is 1. The van der Waals surface area contributed by atoms with Crippen molar-refractivity contribution in [1.82, 2.24) is 0 Å². The molecule has 0 bridgehead atoms. The van der Waals surface area contributed by atoms with Crippen molar-refractivity contribution in [3.8, 4) is 0 Å². The Bertz CT molecular complexity index is 496. The van der Waals surface area contributed by atoms with Crippen LogP contribution in [0, 0.1) is 0 Å². The first-order valence-electron chi connectivity index (χ1n) is 3.91. The lowest BCUT2D eigenvalue weighted by atomic mass is 10.3. The maximum absolute atomic E-state index is 10.9. The van der Waals surface area contributed by atoms with Crippen molar-refractivity contribution in [2.24, 2.45) is 0 Å². The van der Waals surface area contributed by atoms with E-state index in [9.17, 15) is 16.8 Å². The Balaban J connectivity index is 2.92. The van der Waals surface area contributed by atoms with Crippen molar-refractivity contribution in [3.63, 3.8) is 0 Å². The Kier molecular flexibility index (Phi) is 3.53. The number of nitrogens with one attached hydrogen (secondary N) is 2. The van der Waals surface area contributed by atoms with Gasteiger partial charge in [0.2, 0.25) is 0 Å². The highest BCUT2D eigenvalue weighted by molar-refractivity contribution is 8.59. The van der Waals surface area contributed by atoms with Gasteiger partial charge in [-0.15, -0.1) is 0 Å².